The van der Waals surface area contributed by atoms with Gasteiger partial charge in [-0.25, -0.2) is 19.4 Å². The summed E-state index contributed by atoms with van der Waals surface area (Å²) in [5, 5.41) is 40.5. The first-order valence-corrected chi connectivity index (χ1v) is 14.7. The number of aliphatic carboxylic acids is 2. The molecular formula is C29H34ClN7O9. The largest absolute Gasteiger partial charge is 0.479 e. The summed E-state index contributed by atoms with van der Waals surface area (Å²) in [6.45, 7) is 2.24. The molecule has 3 atom stereocenters. The van der Waals surface area contributed by atoms with Crippen molar-refractivity contribution in [1.29, 1.82) is 0 Å². The highest BCUT2D eigenvalue weighted by Gasteiger charge is 2.49. The molecule has 4 rings (SSSR count). The second-order valence-electron chi connectivity index (χ2n) is 10.5. The van der Waals surface area contributed by atoms with E-state index in [9.17, 15) is 34.8 Å². The fourth-order valence-electron chi connectivity index (χ4n) is 5.04. The molecule has 2 amide bonds. The Morgan fingerprint density at radius 2 is 1.89 bits per heavy atom. The highest BCUT2D eigenvalue weighted by atomic mass is 35.5. The number of imidazole rings is 1. The third-order valence-corrected chi connectivity index (χ3v) is 7.55. The van der Waals surface area contributed by atoms with Crippen LogP contribution in [0, 0.1) is 12.3 Å². The number of carboxylic acids is 2. The summed E-state index contributed by atoms with van der Waals surface area (Å²) >= 11 is 5.92. The van der Waals surface area contributed by atoms with Crippen molar-refractivity contribution in [2.45, 2.75) is 50.2 Å². The molecule has 0 bridgehead atoms. The van der Waals surface area contributed by atoms with Crippen molar-refractivity contribution in [3.8, 4) is 12.3 Å². The lowest BCUT2D eigenvalue weighted by molar-refractivity contribution is -0.195. The van der Waals surface area contributed by atoms with Gasteiger partial charge in [0.05, 0.1) is 19.5 Å². The van der Waals surface area contributed by atoms with E-state index in [1.807, 2.05) is 6.92 Å². The van der Waals surface area contributed by atoms with Gasteiger partial charge in [0, 0.05) is 31.7 Å². The van der Waals surface area contributed by atoms with Crippen LogP contribution in [0.1, 0.15) is 31.6 Å². The molecule has 1 fully saturated rings. The van der Waals surface area contributed by atoms with Gasteiger partial charge in [-0.3, -0.25) is 9.47 Å². The Hall–Kier alpha value is -4.53. The van der Waals surface area contributed by atoms with Crippen LogP contribution in [-0.2, 0) is 25.5 Å². The topological polar surface area (TPSA) is 227 Å². The van der Waals surface area contributed by atoms with Crippen LogP contribution < -0.4 is 10.6 Å². The number of aliphatic hydroxyl groups is 2. The minimum atomic E-state index is -2.80. The number of rotatable bonds is 15. The average Bonchev–Trinajstić information content (AvgIpc) is 3.45. The fourth-order valence-corrected chi connectivity index (χ4v) is 5.21. The van der Waals surface area contributed by atoms with Crippen molar-refractivity contribution < 1.29 is 44.3 Å². The summed E-state index contributed by atoms with van der Waals surface area (Å²) in [6.07, 6.45) is 3.09. The van der Waals surface area contributed by atoms with Crippen LogP contribution in [0.3, 0.4) is 0 Å². The lowest BCUT2D eigenvalue weighted by atomic mass is 9.94. The van der Waals surface area contributed by atoms with E-state index in [1.165, 1.54) is 23.0 Å². The van der Waals surface area contributed by atoms with Crippen LogP contribution in [0.15, 0.2) is 30.6 Å². The molecule has 16 nitrogen and oxygen atoms in total. The highest BCUT2D eigenvalue weighted by molar-refractivity contribution is 6.28. The summed E-state index contributed by atoms with van der Waals surface area (Å²) in [5.74, 6) is -1.57. The molecular weight excluding hydrogens is 626 g/mol. The van der Waals surface area contributed by atoms with Crippen LogP contribution in [0.5, 0.6) is 0 Å². The highest BCUT2D eigenvalue weighted by Crippen LogP contribution is 2.28. The number of nitrogens with zero attached hydrogens (tertiary/aromatic N) is 6. The summed E-state index contributed by atoms with van der Waals surface area (Å²) in [5.41, 5.74) is 4.08. The monoisotopic (exact) mass is 659 g/mol. The second-order valence-corrected chi connectivity index (χ2v) is 10.8. The van der Waals surface area contributed by atoms with Gasteiger partial charge in [-0.2, -0.15) is 9.97 Å². The summed E-state index contributed by atoms with van der Waals surface area (Å²) in [6, 6.07) is 6.13. The second kappa shape index (κ2) is 14.7. The Morgan fingerprint density at radius 3 is 2.50 bits per heavy atom. The minimum Gasteiger partial charge on any atom is -0.479 e. The Bertz CT molecular complexity index is 1590. The van der Waals surface area contributed by atoms with Crippen molar-refractivity contribution in [3.05, 3.63) is 41.4 Å². The number of carbonyl (C=O) groups excluding carboxylic acids is 1. The summed E-state index contributed by atoms with van der Waals surface area (Å²) < 4.78 is 12.5. The maximum absolute atomic E-state index is 12.9. The maximum Gasteiger partial charge on any atom is 0.348 e. The Morgan fingerprint density at radius 1 is 1.20 bits per heavy atom. The van der Waals surface area contributed by atoms with Gasteiger partial charge in [0.15, 0.2) is 23.8 Å². The normalized spacial score (nSPS) is 15.8. The molecule has 46 heavy (non-hydrogen) atoms. The fraction of sp³-hybridized carbons (Fsp3) is 0.448. The molecule has 3 aromatic rings. The van der Waals surface area contributed by atoms with Gasteiger partial charge in [0.2, 0.25) is 5.28 Å². The molecule has 6 N–H and O–H groups in total. The molecule has 17 heteroatoms. The number of anilines is 2. The molecule has 1 aliphatic heterocycles. The van der Waals surface area contributed by atoms with Gasteiger partial charge in [-0.1, -0.05) is 25.0 Å². The van der Waals surface area contributed by atoms with Crippen LogP contribution >= 0.6 is 11.6 Å². The van der Waals surface area contributed by atoms with E-state index in [0.29, 0.717) is 30.9 Å². The number of ether oxygens (including phenoxy) is 2. The minimum absolute atomic E-state index is 0.0348. The van der Waals surface area contributed by atoms with Crippen molar-refractivity contribution in [2.24, 2.45) is 0 Å². The molecule has 1 saturated heterocycles. The van der Waals surface area contributed by atoms with E-state index in [0.717, 1.165) is 12.8 Å². The molecule has 3 heterocycles. The molecule has 0 spiro atoms. The van der Waals surface area contributed by atoms with E-state index in [-0.39, 0.29) is 28.3 Å². The molecule has 0 unspecified atom stereocenters. The van der Waals surface area contributed by atoms with Crippen LogP contribution in [0.2, 0.25) is 5.28 Å². The van der Waals surface area contributed by atoms with E-state index < -0.39 is 55.6 Å². The van der Waals surface area contributed by atoms with Crippen LogP contribution in [0.25, 0.3) is 11.2 Å². The smallest absolute Gasteiger partial charge is 0.348 e. The first-order chi connectivity index (χ1) is 21.9. The Labute approximate surface area is 268 Å². The zero-order valence-electron chi connectivity index (χ0n) is 24.8. The third-order valence-electron chi connectivity index (χ3n) is 7.38. The van der Waals surface area contributed by atoms with E-state index >= 15 is 0 Å². The number of halogens is 1. The van der Waals surface area contributed by atoms with Crippen molar-refractivity contribution in [1.82, 2.24) is 24.4 Å². The van der Waals surface area contributed by atoms with Gasteiger partial charge in [-0.05, 0) is 42.1 Å². The standard InChI is InChI=1S/C29H34ClN7O9/c1-3-10-35-11-5-12-36(28(35)44)18-8-6-17(7-9-18)13-29(25(40)41,26(42)43)45-15-19(14-38)46-24(20(39)4-2)37-16-32-21-22(31)33-27(30)34-23(21)37/h2,6-9,16,19-20,24,38-39H,3,5,10-15H2,1H3,(H,40,41)(H,42,43)(H2,31,33,34)/t19-,20+,24+/m0/s1. The molecule has 2 aromatic heterocycles. The first kappa shape index (κ1) is 34.3. The molecule has 0 radical (unpaired) electrons. The van der Waals surface area contributed by atoms with Crippen LogP contribution in [-0.4, -0.2) is 113 Å². The lowest BCUT2D eigenvalue weighted by Crippen LogP contribution is -2.52. The van der Waals surface area contributed by atoms with Gasteiger partial charge >= 0.3 is 18.0 Å². The SMILES string of the molecule is C#C[C@@H](O)[C@@H](O[C@@H](CO)COC(Cc1ccc(N2CCCN(CCC)C2=O)cc1)(C(=O)O)C(=O)O)n1cnc2c(N)nc(Cl)nc21. The number of urea groups is 1. The number of carbonyl (C=O) groups is 3. The zero-order valence-corrected chi connectivity index (χ0v) is 25.6. The number of carboxylic acid groups (broad SMARTS) is 2. The van der Waals surface area contributed by atoms with Gasteiger partial charge in [0.1, 0.15) is 11.6 Å². The average molecular weight is 660 g/mol. The maximum atomic E-state index is 12.9. The Balaban J connectivity index is 1.54. The zero-order chi connectivity index (χ0) is 33.6. The lowest BCUT2D eigenvalue weighted by Gasteiger charge is -2.35. The number of aromatic nitrogens is 4. The van der Waals surface area contributed by atoms with Crippen molar-refractivity contribution in [2.75, 3.05) is 43.5 Å². The molecule has 0 aliphatic carbocycles. The number of hydrogen-bond donors (Lipinski definition) is 5. The molecule has 1 aromatic carbocycles. The predicted molar refractivity (Wildman–Crippen MR) is 164 cm³/mol. The number of amides is 2. The Kier molecular flexibility index (Phi) is 11.0. The molecule has 1 aliphatic rings. The summed E-state index contributed by atoms with van der Waals surface area (Å²) in [4.78, 5) is 53.0. The van der Waals surface area contributed by atoms with Gasteiger partial charge in [0.25, 0.3) is 5.60 Å². The molecule has 246 valence electrons. The number of terminal acetylenes is 1. The van der Waals surface area contributed by atoms with Crippen molar-refractivity contribution >= 4 is 52.2 Å². The third kappa shape index (κ3) is 7.14. The van der Waals surface area contributed by atoms with E-state index in [2.05, 4.69) is 20.9 Å². The number of fused-ring (bicyclic) bond motifs is 1. The van der Waals surface area contributed by atoms with Gasteiger partial charge in [-0.15, -0.1) is 6.42 Å². The van der Waals surface area contributed by atoms with Crippen molar-refractivity contribution in [3.63, 3.8) is 0 Å². The van der Waals surface area contributed by atoms with Crippen LogP contribution in [0.4, 0.5) is 16.3 Å². The summed E-state index contributed by atoms with van der Waals surface area (Å²) in [7, 11) is 0. The quantitative estimate of drug-likeness (QED) is 0.0877. The van der Waals surface area contributed by atoms with E-state index in [1.54, 1.807) is 21.9 Å². The number of aliphatic hydroxyl groups excluding tert-OH is 2. The number of hydrogen-bond acceptors (Lipinski definition) is 11. The number of nitrogen functional groups attached to an aromatic ring is 1. The number of benzene rings is 1. The first-order valence-electron chi connectivity index (χ1n) is 14.3. The van der Waals surface area contributed by atoms with Gasteiger partial charge < -0.3 is 40.5 Å². The predicted octanol–water partition coefficient (Wildman–Crippen LogP) is 1.14. The molecule has 0 saturated carbocycles. The van der Waals surface area contributed by atoms with E-state index in [4.69, 9.17) is 33.2 Å². The number of nitrogens with two attached hydrogens (primary N) is 1.